The van der Waals surface area contributed by atoms with Crippen LogP contribution in [-0.4, -0.2) is 29.1 Å². The smallest absolute Gasteiger partial charge is 0.354 e. The monoisotopic (exact) mass is 192 g/mol. The van der Waals surface area contributed by atoms with Gasteiger partial charge < -0.3 is 10.0 Å². The summed E-state index contributed by atoms with van der Waals surface area (Å²) in [6, 6.07) is 3.96. The van der Waals surface area contributed by atoms with Crippen LogP contribution in [0.2, 0.25) is 0 Å². The van der Waals surface area contributed by atoms with Crippen molar-refractivity contribution in [3.63, 3.8) is 0 Å². The molecule has 1 aliphatic carbocycles. The second-order valence-electron chi connectivity index (χ2n) is 3.55. The molecule has 74 valence electrons. The first-order valence-electron chi connectivity index (χ1n) is 4.60. The number of hydrogen-bond donors (Lipinski definition) is 1. The Balaban J connectivity index is 2.16. The van der Waals surface area contributed by atoms with E-state index in [0.29, 0.717) is 6.04 Å². The second kappa shape index (κ2) is 3.29. The predicted molar refractivity (Wildman–Crippen MR) is 52.6 cm³/mol. The molecule has 0 amide bonds. The Hall–Kier alpha value is -1.58. The zero-order valence-corrected chi connectivity index (χ0v) is 7.97. The van der Waals surface area contributed by atoms with Crippen LogP contribution >= 0.6 is 0 Å². The van der Waals surface area contributed by atoms with Crippen molar-refractivity contribution >= 4 is 11.7 Å². The van der Waals surface area contributed by atoms with Crippen molar-refractivity contribution in [3.05, 3.63) is 24.0 Å². The summed E-state index contributed by atoms with van der Waals surface area (Å²) in [6.07, 6.45) is 4.05. The Kier molecular flexibility index (Phi) is 2.11. The van der Waals surface area contributed by atoms with E-state index in [2.05, 4.69) is 9.88 Å². The minimum Gasteiger partial charge on any atom is -0.477 e. The minimum atomic E-state index is -0.981. The summed E-state index contributed by atoms with van der Waals surface area (Å²) in [7, 11) is 2.01. The molecule has 1 aliphatic rings. The van der Waals surface area contributed by atoms with E-state index in [0.717, 1.165) is 5.69 Å². The Morgan fingerprint density at radius 3 is 2.71 bits per heavy atom. The van der Waals surface area contributed by atoms with E-state index < -0.39 is 5.97 Å². The van der Waals surface area contributed by atoms with E-state index in [1.165, 1.54) is 18.9 Å². The van der Waals surface area contributed by atoms with Crippen molar-refractivity contribution in [2.45, 2.75) is 18.9 Å². The van der Waals surface area contributed by atoms with Gasteiger partial charge in [-0.3, -0.25) is 0 Å². The van der Waals surface area contributed by atoms with Gasteiger partial charge in [-0.25, -0.2) is 9.78 Å². The number of pyridine rings is 1. The van der Waals surface area contributed by atoms with Crippen LogP contribution in [-0.2, 0) is 0 Å². The average molecular weight is 192 g/mol. The normalized spacial score (nSPS) is 15.2. The quantitative estimate of drug-likeness (QED) is 0.786. The van der Waals surface area contributed by atoms with Gasteiger partial charge in [0.25, 0.3) is 0 Å². The van der Waals surface area contributed by atoms with Gasteiger partial charge in [-0.15, -0.1) is 0 Å². The highest BCUT2D eigenvalue weighted by Gasteiger charge is 2.26. The van der Waals surface area contributed by atoms with E-state index in [9.17, 15) is 4.79 Å². The number of rotatable bonds is 3. The Bertz CT molecular complexity index is 344. The molecule has 0 aromatic carbocycles. The van der Waals surface area contributed by atoms with Crippen LogP contribution in [0.1, 0.15) is 23.3 Å². The minimum absolute atomic E-state index is 0.0953. The van der Waals surface area contributed by atoms with Crippen LogP contribution in [0.3, 0.4) is 0 Å². The molecule has 0 radical (unpaired) electrons. The summed E-state index contributed by atoms with van der Waals surface area (Å²) in [5.41, 5.74) is 1.08. The molecule has 14 heavy (non-hydrogen) atoms. The molecular weight excluding hydrogens is 180 g/mol. The fourth-order valence-electron chi connectivity index (χ4n) is 1.39. The summed E-state index contributed by atoms with van der Waals surface area (Å²) in [6.45, 7) is 0. The molecule has 1 N–H and O–H groups in total. The summed E-state index contributed by atoms with van der Waals surface area (Å²) < 4.78 is 0. The third kappa shape index (κ3) is 1.69. The molecule has 0 saturated heterocycles. The topological polar surface area (TPSA) is 53.4 Å². The number of nitrogens with zero attached hydrogens (tertiary/aromatic N) is 2. The molecule has 1 saturated carbocycles. The van der Waals surface area contributed by atoms with E-state index in [-0.39, 0.29) is 5.69 Å². The summed E-state index contributed by atoms with van der Waals surface area (Å²) in [5, 5.41) is 8.66. The van der Waals surface area contributed by atoms with Gasteiger partial charge in [-0.1, -0.05) is 0 Å². The number of carboxylic acid groups (broad SMARTS) is 1. The van der Waals surface area contributed by atoms with Crippen LogP contribution in [0.15, 0.2) is 18.3 Å². The molecule has 2 rings (SSSR count). The van der Waals surface area contributed by atoms with Crippen molar-refractivity contribution in [2.75, 3.05) is 11.9 Å². The fourth-order valence-corrected chi connectivity index (χ4v) is 1.39. The molecule has 0 aliphatic heterocycles. The first kappa shape index (κ1) is 8.99. The third-order valence-electron chi connectivity index (χ3n) is 2.47. The van der Waals surface area contributed by atoms with Gasteiger partial charge in [0, 0.05) is 13.1 Å². The van der Waals surface area contributed by atoms with Crippen LogP contribution in [0.25, 0.3) is 0 Å². The molecule has 1 aromatic heterocycles. The standard InChI is InChI=1S/C10H12N2O2/c1-12(7-2-3-7)8-4-5-9(10(13)14)11-6-8/h4-7H,2-3H2,1H3,(H,13,14). The van der Waals surface area contributed by atoms with Crippen molar-refractivity contribution in [1.29, 1.82) is 0 Å². The molecule has 0 spiro atoms. The molecule has 0 bridgehead atoms. The zero-order chi connectivity index (χ0) is 10.1. The average Bonchev–Trinajstić information content (AvgIpc) is 3.00. The lowest BCUT2D eigenvalue weighted by atomic mass is 10.3. The zero-order valence-electron chi connectivity index (χ0n) is 7.97. The van der Waals surface area contributed by atoms with Crippen molar-refractivity contribution in [1.82, 2.24) is 4.98 Å². The van der Waals surface area contributed by atoms with Gasteiger partial charge in [0.1, 0.15) is 5.69 Å². The van der Waals surface area contributed by atoms with Gasteiger partial charge >= 0.3 is 5.97 Å². The Morgan fingerprint density at radius 2 is 2.29 bits per heavy atom. The van der Waals surface area contributed by atoms with Crippen molar-refractivity contribution < 1.29 is 9.90 Å². The highest BCUT2D eigenvalue weighted by atomic mass is 16.4. The molecular formula is C10H12N2O2. The first-order chi connectivity index (χ1) is 6.68. The highest BCUT2D eigenvalue weighted by molar-refractivity contribution is 5.85. The van der Waals surface area contributed by atoms with Gasteiger partial charge in [-0.2, -0.15) is 0 Å². The number of hydrogen-bond acceptors (Lipinski definition) is 3. The molecule has 1 aromatic rings. The SMILES string of the molecule is CN(c1ccc(C(=O)O)nc1)C1CC1. The first-order valence-corrected chi connectivity index (χ1v) is 4.60. The fraction of sp³-hybridized carbons (Fsp3) is 0.400. The van der Waals surface area contributed by atoms with Crippen LogP contribution in [0.5, 0.6) is 0 Å². The highest BCUT2D eigenvalue weighted by Crippen LogP contribution is 2.29. The summed E-state index contributed by atoms with van der Waals surface area (Å²) in [5.74, 6) is -0.981. The second-order valence-corrected chi connectivity index (χ2v) is 3.55. The van der Waals surface area contributed by atoms with Gasteiger partial charge in [-0.05, 0) is 25.0 Å². The molecule has 0 unspecified atom stereocenters. The van der Waals surface area contributed by atoms with E-state index in [1.54, 1.807) is 12.3 Å². The number of anilines is 1. The van der Waals surface area contributed by atoms with Crippen molar-refractivity contribution in [3.8, 4) is 0 Å². The lowest BCUT2D eigenvalue weighted by molar-refractivity contribution is 0.0690. The van der Waals surface area contributed by atoms with Crippen LogP contribution in [0.4, 0.5) is 5.69 Å². The van der Waals surface area contributed by atoms with Gasteiger partial charge in [0.15, 0.2) is 0 Å². The third-order valence-corrected chi connectivity index (χ3v) is 2.47. The Morgan fingerprint density at radius 1 is 1.57 bits per heavy atom. The largest absolute Gasteiger partial charge is 0.477 e. The van der Waals surface area contributed by atoms with Crippen LogP contribution < -0.4 is 4.90 Å². The number of aromatic nitrogens is 1. The lowest BCUT2D eigenvalue weighted by Crippen LogP contribution is -2.19. The molecule has 4 nitrogen and oxygen atoms in total. The maximum absolute atomic E-state index is 10.6. The Labute approximate surface area is 82.2 Å². The number of carboxylic acids is 1. The molecule has 0 atom stereocenters. The maximum Gasteiger partial charge on any atom is 0.354 e. The summed E-state index contributed by atoms with van der Waals surface area (Å²) >= 11 is 0. The van der Waals surface area contributed by atoms with E-state index in [4.69, 9.17) is 5.11 Å². The van der Waals surface area contributed by atoms with E-state index in [1.807, 2.05) is 7.05 Å². The number of carbonyl (C=O) groups is 1. The number of aromatic carboxylic acids is 1. The van der Waals surface area contributed by atoms with E-state index >= 15 is 0 Å². The maximum atomic E-state index is 10.6. The van der Waals surface area contributed by atoms with Gasteiger partial charge in [0.2, 0.25) is 0 Å². The molecule has 4 heteroatoms. The molecule has 1 heterocycles. The van der Waals surface area contributed by atoms with Gasteiger partial charge in [0.05, 0.1) is 11.9 Å². The lowest BCUT2D eigenvalue weighted by Gasteiger charge is -2.17. The van der Waals surface area contributed by atoms with Crippen molar-refractivity contribution in [2.24, 2.45) is 0 Å². The summed E-state index contributed by atoms with van der Waals surface area (Å²) in [4.78, 5) is 16.6. The van der Waals surface area contributed by atoms with Crippen LogP contribution in [0, 0.1) is 0 Å². The predicted octanol–water partition coefficient (Wildman–Crippen LogP) is 1.38. The molecule has 1 fully saturated rings.